The summed E-state index contributed by atoms with van der Waals surface area (Å²) < 4.78 is 6.86. The summed E-state index contributed by atoms with van der Waals surface area (Å²) in [6, 6.07) is 60.4. The Balaban J connectivity index is 1.12. The molecule has 57 heavy (non-hydrogen) atoms. The number of nitrogens with zero attached hydrogens (tertiary/aromatic N) is 6. The van der Waals surface area contributed by atoms with E-state index in [2.05, 4.69) is 145 Å². The average molecular weight is 725 g/mol. The van der Waals surface area contributed by atoms with Crippen LogP contribution >= 0.6 is 0 Å². The average Bonchev–Trinajstić information content (AvgIpc) is 3.91. The van der Waals surface area contributed by atoms with E-state index in [0.29, 0.717) is 16.9 Å². The zero-order valence-electron chi connectivity index (χ0n) is 30.3. The molecule has 0 aliphatic heterocycles. The Morgan fingerprint density at radius 1 is 0.404 bits per heavy atom. The zero-order chi connectivity index (χ0) is 38.2. The number of rotatable bonds is 4. The third-order valence-electron chi connectivity index (χ3n) is 11.2. The summed E-state index contributed by atoms with van der Waals surface area (Å²) in [6.07, 6.45) is 0. The number of nitriles is 1. The lowest BCUT2D eigenvalue weighted by molar-refractivity contribution is 1.13. The fourth-order valence-corrected chi connectivity index (χ4v) is 8.82. The quantitative estimate of drug-likeness (QED) is 0.167. The van der Waals surface area contributed by atoms with E-state index < -0.39 is 0 Å². The first-order valence-corrected chi connectivity index (χ1v) is 18.6. The van der Waals surface area contributed by atoms with Gasteiger partial charge in [0.15, 0.2) is 11.4 Å². The molecule has 0 atom stereocenters. The summed E-state index contributed by atoms with van der Waals surface area (Å²) in [5, 5.41) is 16.5. The van der Waals surface area contributed by atoms with Gasteiger partial charge in [-0.25, -0.2) is 9.69 Å². The van der Waals surface area contributed by atoms with Crippen LogP contribution in [-0.2, 0) is 0 Å². The molecule has 0 spiro atoms. The van der Waals surface area contributed by atoms with E-state index in [-0.39, 0.29) is 0 Å². The second-order valence-electron chi connectivity index (χ2n) is 14.3. The van der Waals surface area contributed by atoms with E-state index >= 15 is 0 Å². The Hall–Kier alpha value is -8.37. The predicted molar refractivity (Wildman–Crippen MR) is 232 cm³/mol. The monoisotopic (exact) mass is 724 g/mol. The van der Waals surface area contributed by atoms with Crippen molar-refractivity contribution >= 4 is 76.8 Å². The van der Waals surface area contributed by atoms with Gasteiger partial charge in [-0.1, -0.05) is 84.9 Å². The maximum absolute atomic E-state index is 9.92. The molecule has 6 heteroatoms. The minimum Gasteiger partial charge on any atom is -0.311 e. The van der Waals surface area contributed by atoms with Crippen LogP contribution in [0.15, 0.2) is 170 Å². The largest absolute Gasteiger partial charge is 0.311 e. The number of aromatic nitrogens is 3. The van der Waals surface area contributed by atoms with Gasteiger partial charge < -0.3 is 13.7 Å². The van der Waals surface area contributed by atoms with Crippen molar-refractivity contribution in [3.63, 3.8) is 0 Å². The fraction of sp³-hybridized carbons (Fsp3) is 0. The van der Waals surface area contributed by atoms with Crippen molar-refractivity contribution in [2.24, 2.45) is 0 Å². The summed E-state index contributed by atoms with van der Waals surface area (Å²) in [5.74, 6) is 0. The molecule has 0 unspecified atom stereocenters. The molecule has 8 aromatic carbocycles. The van der Waals surface area contributed by atoms with Gasteiger partial charge in [-0.3, -0.25) is 0 Å². The SMILES string of the molecule is [C-]#[N+]c1cc(-c2ccc(-n3c4ccc(C#N)cc4c4cccc(-n5c6ccccc6c6ccccc65)c43)cc2)cc(-n2c3ccccc3c3cc([N+]#[C-])ccc32)c1. The maximum atomic E-state index is 9.92. The normalized spacial score (nSPS) is 11.5. The lowest BCUT2D eigenvalue weighted by Gasteiger charge is -2.15. The minimum absolute atomic E-state index is 0.543. The molecule has 0 fully saturated rings. The van der Waals surface area contributed by atoms with Crippen molar-refractivity contribution in [2.45, 2.75) is 0 Å². The first kappa shape index (κ1) is 32.1. The minimum atomic E-state index is 0.543. The smallest absolute Gasteiger partial charge is 0.189 e. The molecule has 0 saturated heterocycles. The Labute approximate surface area is 327 Å². The molecule has 6 nitrogen and oxygen atoms in total. The van der Waals surface area contributed by atoms with Crippen molar-refractivity contribution in [2.75, 3.05) is 0 Å². The Morgan fingerprint density at radius 2 is 0.982 bits per heavy atom. The highest BCUT2D eigenvalue weighted by molar-refractivity contribution is 6.15. The molecule has 0 aliphatic rings. The third-order valence-corrected chi connectivity index (χ3v) is 11.2. The molecule has 0 radical (unpaired) electrons. The second-order valence-corrected chi connectivity index (χ2v) is 14.3. The molecule has 0 N–H and O–H groups in total. The van der Waals surface area contributed by atoms with Gasteiger partial charge in [0.1, 0.15) is 0 Å². The van der Waals surface area contributed by atoms with E-state index in [4.69, 9.17) is 13.1 Å². The molecule has 0 saturated carbocycles. The molecule has 3 aromatic heterocycles. The fourth-order valence-electron chi connectivity index (χ4n) is 8.82. The van der Waals surface area contributed by atoms with Gasteiger partial charge in [-0.05, 0) is 101 Å². The van der Waals surface area contributed by atoms with E-state index in [9.17, 15) is 5.26 Å². The summed E-state index contributed by atoms with van der Waals surface area (Å²) in [7, 11) is 0. The molecular weight excluding hydrogens is 697 g/mol. The summed E-state index contributed by atoms with van der Waals surface area (Å²) >= 11 is 0. The Morgan fingerprint density at radius 3 is 1.67 bits per heavy atom. The van der Waals surface area contributed by atoms with Crippen molar-refractivity contribution in [1.82, 2.24) is 13.7 Å². The first-order valence-electron chi connectivity index (χ1n) is 18.6. The predicted octanol–water partition coefficient (Wildman–Crippen LogP) is 13.6. The van der Waals surface area contributed by atoms with Gasteiger partial charge in [0.05, 0.1) is 63.6 Å². The highest BCUT2D eigenvalue weighted by atomic mass is 15.1. The number of fused-ring (bicyclic) bond motifs is 9. The van der Waals surface area contributed by atoms with E-state index in [1.165, 1.54) is 10.8 Å². The second kappa shape index (κ2) is 12.3. The maximum Gasteiger partial charge on any atom is 0.189 e. The summed E-state index contributed by atoms with van der Waals surface area (Å²) in [6.45, 7) is 15.7. The van der Waals surface area contributed by atoms with Crippen LogP contribution in [0.25, 0.3) is 103 Å². The van der Waals surface area contributed by atoms with Crippen LogP contribution in [0.1, 0.15) is 5.56 Å². The first-order chi connectivity index (χ1) is 28.1. The summed E-state index contributed by atoms with van der Waals surface area (Å²) in [5.41, 5.74) is 12.9. The van der Waals surface area contributed by atoms with Crippen molar-refractivity contribution in [3.05, 3.63) is 198 Å². The zero-order valence-corrected chi connectivity index (χ0v) is 30.3. The molecule has 3 heterocycles. The van der Waals surface area contributed by atoms with Gasteiger partial charge in [-0.15, -0.1) is 0 Å². The molecule has 11 rings (SSSR count). The Bertz CT molecular complexity index is 3560. The van der Waals surface area contributed by atoms with Gasteiger partial charge in [0.2, 0.25) is 0 Å². The van der Waals surface area contributed by atoms with Gasteiger partial charge in [0.25, 0.3) is 0 Å². The van der Waals surface area contributed by atoms with Crippen molar-refractivity contribution in [3.8, 4) is 34.3 Å². The Kier molecular flexibility index (Phi) is 6.95. The lowest BCUT2D eigenvalue weighted by Crippen LogP contribution is -2.00. The third kappa shape index (κ3) is 4.74. The molecule has 11 aromatic rings. The van der Waals surface area contributed by atoms with Crippen LogP contribution in [0.2, 0.25) is 0 Å². The van der Waals surface area contributed by atoms with Crippen LogP contribution in [-0.4, -0.2) is 13.7 Å². The molecule has 0 bridgehead atoms. The number of para-hydroxylation sites is 4. The topological polar surface area (TPSA) is 47.3 Å². The van der Waals surface area contributed by atoms with Crippen LogP contribution < -0.4 is 0 Å². The van der Waals surface area contributed by atoms with E-state index in [1.54, 1.807) is 0 Å². The van der Waals surface area contributed by atoms with Crippen LogP contribution in [0.4, 0.5) is 11.4 Å². The van der Waals surface area contributed by atoms with E-state index in [1.807, 2.05) is 54.6 Å². The number of hydrogen-bond acceptors (Lipinski definition) is 1. The molecular formula is C51H28N6. The van der Waals surface area contributed by atoms with Crippen LogP contribution in [0.3, 0.4) is 0 Å². The highest BCUT2D eigenvalue weighted by Crippen LogP contribution is 2.41. The standard InChI is InChI=1S/C51H28N6/c1-53-35-21-25-48-44(30-35)41-12-5-6-14-45(41)55(48)38-28-34(27-36(29-38)54-2)33-19-22-37(23-20-33)56-49-24-18-32(31-52)26-43(49)42-13-9-17-50(51(42)56)57-46-15-7-3-10-39(46)40-11-4-8-16-47(40)57/h3-30H. The van der Waals surface area contributed by atoms with Gasteiger partial charge >= 0.3 is 0 Å². The van der Waals surface area contributed by atoms with Crippen LogP contribution in [0.5, 0.6) is 0 Å². The van der Waals surface area contributed by atoms with Crippen LogP contribution in [0, 0.1) is 24.5 Å². The lowest BCUT2D eigenvalue weighted by atomic mass is 10.0. The van der Waals surface area contributed by atoms with Crippen molar-refractivity contribution in [1.29, 1.82) is 5.26 Å². The molecule has 0 aliphatic carbocycles. The van der Waals surface area contributed by atoms with Gasteiger partial charge in [-0.2, -0.15) is 5.26 Å². The number of hydrogen-bond donors (Lipinski definition) is 0. The molecule has 262 valence electrons. The number of benzene rings is 8. The molecule has 0 amide bonds. The highest BCUT2D eigenvalue weighted by Gasteiger charge is 2.21. The van der Waals surface area contributed by atoms with Gasteiger partial charge in [0, 0.05) is 38.3 Å². The summed E-state index contributed by atoms with van der Waals surface area (Å²) in [4.78, 5) is 7.58. The van der Waals surface area contributed by atoms with Crippen molar-refractivity contribution < 1.29 is 0 Å². The van der Waals surface area contributed by atoms with E-state index in [0.717, 1.165) is 82.8 Å².